The Morgan fingerprint density at radius 3 is 2.41 bits per heavy atom. The molecule has 0 saturated heterocycles. The van der Waals surface area contributed by atoms with Gasteiger partial charge in [0.25, 0.3) is 0 Å². The number of benzene rings is 1. The van der Waals surface area contributed by atoms with E-state index in [1.807, 2.05) is 19.1 Å². The first-order chi connectivity index (χ1) is 10.3. The van der Waals surface area contributed by atoms with E-state index in [-0.39, 0.29) is 16.7 Å². The van der Waals surface area contributed by atoms with Crippen molar-refractivity contribution in [3.8, 4) is 17.3 Å². The Hall–Kier alpha value is -1.92. The molecule has 7 nitrogen and oxygen atoms in total. The summed E-state index contributed by atoms with van der Waals surface area (Å²) >= 11 is 6.06. The van der Waals surface area contributed by atoms with E-state index in [9.17, 15) is 8.42 Å². The van der Waals surface area contributed by atoms with Gasteiger partial charge in [-0.3, -0.25) is 0 Å². The van der Waals surface area contributed by atoms with Gasteiger partial charge in [-0.15, -0.1) is 4.83 Å². The van der Waals surface area contributed by atoms with E-state index in [2.05, 4.69) is 9.82 Å². The summed E-state index contributed by atoms with van der Waals surface area (Å²) in [4.78, 5) is 6.09. The molecular formula is C13H14ClN5O2S. The third kappa shape index (κ3) is 3.13. The van der Waals surface area contributed by atoms with Gasteiger partial charge in [-0.25, -0.2) is 9.99 Å². The first-order valence-corrected chi connectivity index (χ1v) is 8.03. The molecule has 0 aliphatic carbocycles. The van der Waals surface area contributed by atoms with Crippen molar-refractivity contribution >= 4 is 21.8 Å². The van der Waals surface area contributed by atoms with Crippen LogP contribution >= 0.6 is 11.6 Å². The van der Waals surface area contributed by atoms with E-state index in [1.165, 1.54) is 19.1 Å². The Bertz CT molecular complexity index is 835. The number of hydrogen-bond acceptors (Lipinski definition) is 5. The van der Waals surface area contributed by atoms with Gasteiger partial charge in [-0.2, -0.15) is 17.7 Å². The van der Waals surface area contributed by atoms with Crippen molar-refractivity contribution in [3.63, 3.8) is 0 Å². The van der Waals surface area contributed by atoms with Crippen molar-refractivity contribution in [1.29, 1.82) is 5.26 Å². The molecule has 1 heterocycles. The minimum atomic E-state index is -4.05. The molecule has 2 rings (SSSR count). The summed E-state index contributed by atoms with van der Waals surface area (Å²) in [5.74, 6) is -0.310. The molecule has 0 unspecified atom stereocenters. The van der Waals surface area contributed by atoms with Crippen molar-refractivity contribution in [2.24, 2.45) is 0 Å². The lowest BCUT2D eigenvalue weighted by atomic mass is 10.1. The number of hydrazine groups is 1. The fourth-order valence-electron chi connectivity index (χ4n) is 1.90. The summed E-state index contributed by atoms with van der Waals surface area (Å²) in [7, 11) is -1.00. The molecule has 1 aromatic heterocycles. The fourth-order valence-corrected chi connectivity index (χ4v) is 3.51. The number of nitrogens with zero attached hydrogens (tertiary/aromatic N) is 4. The van der Waals surface area contributed by atoms with Gasteiger partial charge in [0.15, 0.2) is 5.15 Å². The van der Waals surface area contributed by atoms with E-state index in [1.54, 1.807) is 18.2 Å². The van der Waals surface area contributed by atoms with Crippen LogP contribution in [0.15, 0.2) is 24.3 Å². The first-order valence-electron chi connectivity index (χ1n) is 6.22. The first kappa shape index (κ1) is 16.5. The minimum absolute atomic E-state index is 0.0514. The van der Waals surface area contributed by atoms with E-state index >= 15 is 0 Å². The van der Waals surface area contributed by atoms with Gasteiger partial charge in [0.2, 0.25) is 5.82 Å². The Balaban J connectivity index is 2.73. The van der Waals surface area contributed by atoms with Gasteiger partial charge in [0.1, 0.15) is 11.8 Å². The van der Waals surface area contributed by atoms with Crippen LogP contribution in [0, 0.1) is 18.3 Å². The SMILES string of the molecule is Cc1ccc(-c2c(Cl)nc(C#N)n2S(=O)(=O)NN(C)C)cc1. The van der Waals surface area contributed by atoms with Gasteiger partial charge < -0.3 is 0 Å². The number of rotatable bonds is 4. The lowest BCUT2D eigenvalue weighted by Crippen LogP contribution is -2.40. The highest BCUT2D eigenvalue weighted by atomic mass is 35.5. The van der Waals surface area contributed by atoms with Gasteiger partial charge in [-0.1, -0.05) is 41.4 Å². The van der Waals surface area contributed by atoms with Crippen LogP contribution < -0.4 is 4.83 Å². The van der Waals surface area contributed by atoms with Crippen molar-refractivity contribution in [2.45, 2.75) is 6.92 Å². The average molecular weight is 340 g/mol. The van der Waals surface area contributed by atoms with Crippen LogP contribution in [0.5, 0.6) is 0 Å². The largest absolute Gasteiger partial charge is 0.320 e. The van der Waals surface area contributed by atoms with Gasteiger partial charge in [0, 0.05) is 19.7 Å². The molecule has 0 aliphatic rings. The predicted octanol–water partition coefficient (Wildman–Crippen LogP) is 1.54. The molecule has 0 saturated carbocycles. The molecular weight excluding hydrogens is 326 g/mol. The molecule has 116 valence electrons. The Labute approximate surface area is 133 Å². The number of nitrogens with one attached hydrogen (secondary N) is 1. The van der Waals surface area contributed by atoms with Gasteiger partial charge >= 0.3 is 10.2 Å². The highest BCUT2D eigenvalue weighted by Crippen LogP contribution is 2.30. The highest BCUT2D eigenvalue weighted by Gasteiger charge is 2.27. The van der Waals surface area contributed by atoms with E-state index in [4.69, 9.17) is 16.9 Å². The molecule has 0 radical (unpaired) electrons. The molecule has 1 aromatic carbocycles. The zero-order valence-electron chi connectivity index (χ0n) is 12.2. The van der Waals surface area contributed by atoms with Crippen LogP contribution in [0.3, 0.4) is 0 Å². The maximum atomic E-state index is 12.5. The van der Waals surface area contributed by atoms with E-state index in [0.717, 1.165) is 9.54 Å². The summed E-state index contributed by atoms with van der Waals surface area (Å²) < 4.78 is 25.7. The topological polar surface area (TPSA) is 91.0 Å². The molecule has 0 fully saturated rings. The second-order valence-corrected chi connectivity index (χ2v) is 6.66. The fraction of sp³-hybridized carbons (Fsp3) is 0.231. The third-order valence-electron chi connectivity index (χ3n) is 2.76. The van der Waals surface area contributed by atoms with Gasteiger partial charge in [0.05, 0.1) is 0 Å². The van der Waals surface area contributed by atoms with E-state index < -0.39 is 10.2 Å². The Morgan fingerprint density at radius 2 is 1.91 bits per heavy atom. The van der Waals surface area contributed by atoms with Crippen LogP contribution in [0.1, 0.15) is 11.4 Å². The minimum Gasteiger partial charge on any atom is -0.235 e. The number of halogens is 1. The molecule has 0 amide bonds. The van der Waals surface area contributed by atoms with Crippen molar-refractivity contribution in [2.75, 3.05) is 14.1 Å². The predicted molar refractivity (Wildman–Crippen MR) is 83.3 cm³/mol. The lowest BCUT2D eigenvalue weighted by Gasteiger charge is -2.15. The summed E-state index contributed by atoms with van der Waals surface area (Å²) in [5.41, 5.74) is 1.71. The maximum Gasteiger partial charge on any atom is 0.320 e. The van der Waals surface area contributed by atoms with Gasteiger partial charge in [-0.05, 0) is 6.92 Å². The second kappa shape index (κ2) is 6.06. The second-order valence-electron chi connectivity index (χ2n) is 4.81. The normalized spacial score (nSPS) is 11.6. The maximum absolute atomic E-state index is 12.5. The molecule has 0 bridgehead atoms. The number of aromatic nitrogens is 2. The molecule has 22 heavy (non-hydrogen) atoms. The smallest absolute Gasteiger partial charge is 0.235 e. The third-order valence-corrected chi connectivity index (χ3v) is 4.45. The van der Waals surface area contributed by atoms with Crippen LogP contribution in [0.2, 0.25) is 5.15 Å². The summed E-state index contributed by atoms with van der Waals surface area (Å²) in [5, 5.41) is 10.3. The molecule has 1 N–H and O–H groups in total. The number of aryl methyl sites for hydroxylation is 1. The summed E-state index contributed by atoms with van der Waals surface area (Å²) in [6, 6.07) is 8.83. The zero-order valence-corrected chi connectivity index (χ0v) is 13.8. The van der Waals surface area contributed by atoms with Crippen molar-refractivity contribution in [1.82, 2.24) is 18.8 Å². The summed E-state index contributed by atoms with van der Waals surface area (Å²) in [6.45, 7) is 1.91. The Kier molecular flexibility index (Phi) is 4.53. The van der Waals surface area contributed by atoms with Crippen LogP contribution in [-0.4, -0.2) is 36.5 Å². The molecule has 0 aliphatic heterocycles. The standard InChI is InChI=1S/C13H14ClN5O2S/c1-9-4-6-10(7-5-9)12-13(14)16-11(8-15)19(12)22(20,21)17-18(2)3/h4-7,17H,1-3H3. The van der Waals surface area contributed by atoms with Crippen LogP contribution in [-0.2, 0) is 10.2 Å². The number of imidazole rings is 1. The molecule has 0 atom stereocenters. The molecule has 2 aromatic rings. The summed E-state index contributed by atoms with van der Waals surface area (Å²) in [6.07, 6.45) is 0. The van der Waals surface area contributed by atoms with Crippen molar-refractivity contribution < 1.29 is 8.42 Å². The lowest BCUT2D eigenvalue weighted by molar-refractivity contribution is 0.361. The van der Waals surface area contributed by atoms with Crippen LogP contribution in [0.25, 0.3) is 11.3 Å². The van der Waals surface area contributed by atoms with Crippen molar-refractivity contribution in [3.05, 3.63) is 40.8 Å². The zero-order chi connectivity index (χ0) is 16.5. The molecule has 9 heteroatoms. The average Bonchev–Trinajstić information content (AvgIpc) is 2.76. The van der Waals surface area contributed by atoms with E-state index in [0.29, 0.717) is 5.56 Å². The Morgan fingerprint density at radius 1 is 1.32 bits per heavy atom. The quantitative estimate of drug-likeness (QED) is 0.853. The number of hydrogen-bond donors (Lipinski definition) is 1. The number of nitriles is 1. The molecule has 0 spiro atoms. The van der Waals surface area contributed by atoms with Crippen LogP contribution in [0.4, 0.5) is 0 Å². The monoisotopic (exact) mass is 339 g/mol. The highest BCUT2D eigenvalue weighted by molar-refractivity contribution is 7.88.